The van der Waals surface area contributed by atoms with E-state index in [4.69, 9.17) is 9.15 Å². The van der Waals surface area contributed by atoms with Gasteiger partial charge in [0, 0.05) is 5.56 Å². The first-order valence-corrected chi connectivity index (χ1v) is 8.87. The zero-order valence-electron chi connectivity index (χ0n) is 14.7. The van der Waals surface area contributed by atoms with E-state index in [1.54, 1.807) is 0 Å². The molecule has 5 nitrogen and oxygen atoms in total. The maximum absolute atomic E-state index is 12.3. The SMILES string of the molecule is Cc1cccc(-c2nnc(COC(=O)c3ccc4c(c3)CCCC4)o2)c1. The van der Waals surface area contributed by atoms with E-state index in [2.05, 4.69) is 10.2 Å². The third-order valence-electron chi connectivity index (χ3n) is 4.64. The highest BCUT2D eigenvalue weighted by molar-refractivity contribution is 5.89. The Balaban J connectivity index is 1.42. The van der Waals surface area contributed by atoms with Crippen LogP contribution in [0, 0.1) is 6.92 Å². The maximum atomic E-state index is 12.3. The third kappa shape index (κ3) is 3.52. The molecule has 5 heteroatoms. The molecule has 0 saturated heterocycles. The second-order valence-electron chi connectivity index (χ2n) is 6.64. The van der Waals surface area contributed by atoms with Crippen LogP contribution in [-0.2, 0) is 24.2 Å². The largest absolute Gasteiger partial charge is 0.452 e. The van der Waals surface area contributed by atoms with Gasteiger partial charge in [-0.05, 0) is 68.0 Å². The van der Waals surface area contributed by atoms with Crippen molar-refractivity contribution in [3.63, 3.8) is 0 Å². The lowest BCUT2D eigenvalue weighted by Gasteiger charge is -2.16. The van der Waals surface area contributed by atoms with Gasteiger partial charge in [-0.1, -0.05) is 23.8 Å². The van der Waals surface area contributed by atoms with Crippen molar-refractivity contribution in [3.8, 4) is 11.5 Å². The number of aromatic nitrogens is 2. The van der Waals surface area contributed by atoms with Crippen LogP contribution in [0.15, 0.2) is 46.9 Å². The average Bonchev–Trinajstić information content (AvgIpc) is 3.15. The molecule has 0 N–H and O–H groups in total. The Morgan fingerprint density at radius 2 is 1.92 bits per heavy atom. The molecule has 0 spiro atoms. The zero-order valence-corrected chi connectivity index (χ0v) is 14.7. The molecule has 1 aromatic heterocycles. The van der Waals surface area contributed by atoms with Gasteiger partial charge in [0.2, 0.25) is 5.89 Å². The summed E-state index contributed by atoms with van der Waals surface area (Å²) >= 11 is 0. The van der Waals surface area contributed by atoms with Crippen molar-refractivity contribution in [2.24, 2.45) is 0 Å². The summed E-state index contributed by atoms with van der Waals surface area (Å²) < 4.78 is 10.9. The maximum Gasteiger partial charge on any atom is 0.338 e. The van der Waals surface area contributed by atoms with Crippen LogP contribution < -0.4 is 0 Å². The molecule has 1 heterocycles. The Labute approximate surface area is 152 Å². The summed E-state index contributed by atoms with van der Waals surface area (Å²) in [6.45, 7) is 1.97. The van der Waals surface area contributed by atoms with Crippen LogP contribution in [-0.4, -0.2) is 16.2 Å². The first-order valence-electron chi connectivity index (χ1n) is 8.87. The van der Waals surface area contributed by atoms with Crippen molar-refractivity contribution < 1.29 is 13.9 Å². The van der Waals surface area contributed by atoms with E-state index in [9.17, 15) is 4.79 Å². The average molecular weight is 348 g/mol. The van der Waals surface area contributed by atoms with Gasteiger partial charge in [0.25, 0.3) is 5.89 Å². The molecule has 0 amide bonds. The molecule has 132 valence electrons. The topological polar surface area (TPSA) is 65.2 Å². The number of carbonyl (C=O) groups excluding carboxylic acids is 1. The van der Waals surface area contributed by atoms with Crippen LogP contribution in [0.4, 0.5) is 0 Å². The molecule has 4 rings (SSSR count). The molecule has 0 aliphatic heterocycles. The highest BCUT2D eigenvalue weighted by atomic mass is 16.5. The number of esters is 1. The summed E-state index contributed by atoms with van der Waals surface area (Å²) in [5.41, 5.74) is 5.13. The number of fused-ring (bicyclic) bond motifs is 1. The first-order chi connectivity index (χ1) is 12.7. The smallest absolute Gasteiger partial charge is 0.338 e. The Kier molecular flexibility index (Phi) is 4.52. The van der Waals surface area contributed by atoms with E-state index < -0.39 is 0 Å². The van der Waals surface area contributed by atoms with Crippen LogP contribution in [0.5, 0.6) is 0 Å². The van der Waals surface area contributed by atoms with Crippen molar-refractivity contribution in [1.29, 1.82) is 0 Å². The van der Waals surface area contributed by atoms with E-state index in [0.29, 0.717) is 11.5 Å². The molecule has 0 unspecified atom stereocenters. The van der Waals surface area contributed by atoms with Gasteiger partial charge in [-0.15, -0.1) is 10.2 Å². The molecule has 0 atom stereocenters. The van der Waals surface area contributed by atoms with Gasteiger partial charge in [0.1, 0.15) is 0 Å². The molecule has 1 aliphatic rings. The van der Waals surface area contributed by atoms with Crippen molar-refractivity contribution >= 4 is 5.97 Å². The van der Waals surface area contributed by atoms with Crippen LogP contribution in [0.2, 0.25) is 0 Å². The minimum absolute atomic E-state index is 0.0330. The number of hydrogen-bond acceptors (Lipinski definition) is 5. The number of ether oxygens (including phenoxy) is 1. The molecule has 2 aromatic carbocycles. The zero-order chi connectivity index (χ0) is 17.9. The van der Waals surface area contributed by atoms with Crippen molar-refractivity contribution in [2.45, 2.75) is 39.2 Å². The summed E-state index contributed by atoms with van der Waals surface area (Å²) in [5.74, 6) is 0.343. The Bertz CT molecular complexity index is 946. The van der Waals surface area contributed by atoms with Crippen LogP contribution in [0.1, 0.15) is 45.8 Å². The third-order valence-corrected chi connectivity index (χ3v) is 4.64. The molecule has 0 radical (unpaired) electrons. The highest BCUT2D eigenvalue weighted by Gasteiger charge is 2.15. The quantitative estimate of drug-likeness (QED) is 0.658. The van der Waals surface area contributed by atoms with E-state index in [-0.39, 0.29) is 18.5 Å². The molecule has 1 aliphatic carbocycles. The van der Waals surface area contributed by atoms with E-state index in [1.165, 1.54) is 24.0 Å². The number of benzene rings is 2. The normalized spacial score (nSPS) is 13.3. The van der Waals surface area contributed by atoms with Gasteiger partial charge in [-0.2, -0.15) is 0 Å². The van der Waals surface area contributed by atoms with Gasteiger partial charge >= 0.3 is 5.97 Å². The lowest BCUT2D eigenvalue weighted by molar-refractivity contribution is 0.0438. The molecular weight excluding hydrogens is 328 g/mol. The monoisotopic (exact) mass is 348 g/mol. The first kappa shape index (κ1) is 16.5. The van der Waals surface area contributed by atoms with Gasteiger partial charge < -0.3 is 9.15 Å². The number of hydrogen-bond donors (Lipinski definition) is 0. The lowest BCUT2D eigenvalue weighted by atomic mass is 9.90. The number of carbonyl (C=O) groups is 1. The van der Waals surface area contributed by atoms with Gasteiger partial charge in [0.05, 0.1) is 5.56 Å². The molecule has 0 bridgehead atoms. The van der Waals surface area contributed by atoms with Gasteiger partial charge in [-0.25, -0.2) is 4.79 Å². The fraction of sp³-hybridized carbons (Fsp3) is 0.286. The second-order valence-corrected chi connectivity index (χ2v) is 6.64. The fourth-order valence-electron chi connectivity index (χ4n) is 3.28. The summed E-state index contributed by atoms with van der Waals surface area (Å²) in [5, 5.41) is 7.99. The summed E-state index contributed by atoms with van der Waals surface area (Å²) in [6, 6.07) is 13.6. The van der Waals surface area contributed by atoms with Gasteiger partial charge in [0.15, 0.2) is 6.61 Å². The van der Waals surface area contributed by atoms with Crippen molar-refractivity contribution in [3.05, 3.63) is 70.6 Å². The Morgan fingerprint density at radius 1 is 1.08 bits per heavy atom. The van der Waals surface area contributed by atoms with Crippen LogP contribution in [0.25, 0.3) is 11.5 Å². The fourth-order valence-corrected chi connectivity index (χ4v) is 3.28. The molecule has 0 saturated carbocycles. The predicted octanol–water partition coefficient (Wildman–Crippen LogP) is 4.28. The molecular formula is C21H20N2O3. The molecule has 26 heavy (non-hydrogen) atoms. The summed E-state index contributed by atoms with van der Waals surface area (Å²) in [4.78, 5) is 12.3. The molecule has 0 fully saturated rings. The highest BCUT2D eigenvalue weighted by Crippen LogP contribution is 2.23. The van der Waals surface area contributed by atoms with Crippen molar-refractivity contribution in [1.82, 2.24) is 10.2 Å². The van der Waals surface area contributed by atoms with Crippen LogP contribution in [0.3, 0.4) is 0 Å². The second kappa shape index (κ2) is 7.12. The van der Waals surface area contributed by atoms with Crippen LogP contribution >= 0.6 is 0 Å². The minimum Gasteiger partial charge on any atom is -0.452 e. The summed E-state index contributed by atoms with van der Waals surface area (Å²) in [6.07, 6.45) is 4.51. The predicted molar refractivity (Wildman–Crippen MR) is 96.7 cm³/mol. The van der Waals surface area contributed by atoms with E-state index in [1.807, 2.05) is 49.4 Å². The Morgan fingerprint density at radius 3 is 2.77 bits per heavy atom. The number of nitrogens with zero attached hydrogens (tertiary/aromatic N) is 2. The minimum atomic E-state index is -0.367. The number of rotatable bonds is 4. The van der Waals surface area contributed by atoms with E-state index in [0.717, 1.165) is 24.0 Å². The van der Waals surface area contributed by atoms with Crippen molar-refractivity contribution in [2.75, 3.05) is 0 Å². The molecule has 3 aromatic rings. The lowest BCUT2D eigenvalue weighted by Crippen LogP contribution is -2.09. The Hall–Kier alpha value is -2.95. The van der Waals surface area contributed by atoms with E-state index >= 15 is 0 Å². The standard InChI is InChI=1S/C21H20N2O3/c1-14-5-4-8-17(11-14)20-23-22-19(26-20)13-25-21(24)18-10-9-15-6-2-3-7-16(15)12-18/h4-5,8-12H,2-3,6-7,13H2,1H3. The number of aryl methyl sites for hydroxylation is 3. The summed E-state index contributed by atoms with van der Waals surface area (Å²) in [7, 11) is 0. The van der Waals surface area contributed by atoms with Gasteiger partial charge in [-0.3, -0.25) is 0 Å².